The largest absolute Gasteiger partial charge is 0.0901 e. The Kier molecular flexibility index (Phi) is 9.90. The SMILES string of the molecule is CC(C)(C)P(C(C)(C)C)C(C)(C)C.CCCCCC. The second kappa shape index (κ2) is 8.66. The first-order chi connectivity index (χ1) is 8.28. The predicted octanol–water partition coefficient (Wildman–Crippen LogP) is 7.45. The van der Waals surface area contributed by atoms with Crippen molar-refractivity contribution in [2.24, 2.45) is 0 Å². The lowest BCUT2D eigenvalue weighted by molar-refractivity contribution is 0.644. The summed E-state index contributed by atoms with van der Waals surface area (Å²) in [7, 11) is 0.0162. The Hall–Kier alpha value is 0.430. The molecule has 0 aliphatic carbocycles. The Morgan fingerprint density at radius 3 is 0.789 bits per heavy atom. The van der Waals surface area contributed by atoms with Crippen molar-refractivity contribution in [3.8, 4) is 0 Å². The first-order valence-corrected chi connectivity index (χ1v) is 9.43. The van der Waals surface area contributed by atoms with Gasteiger partial charge in [0.1, 0.15) is 0 Å². The summed E-state index contributed by atoms with van der Waals surface area (Å²) < 4.78 is 0. The van der Waals surface area contributed by atoms with E-state index in [9.17, 15) is 0 Å². The van der Waals surface area contributed by atoms with Gasteiger partial charge in [0.2, 0.25) is 0 Å². The Balaban J connectivity index is 0. The van der Waals surface area contributed by atoms with Crippen LogP contribution in [-0.2, 0) is 0 Å². The lowest BCUT2D eigenvalue weighted by atomic mass is 10.2. The van der Waals surface area contributed by atoms with Crippen molar-refractivity contribution >= 4 is 7.92 Å². The minimum absolute atomic E-state index is 0.0162. The van der Waals surface area contributed by atoms with Gasteiger partial charge in [0.05, 0.1) is 0 Å². The van der Waals surface area contributed by atoms with Crippen molar-refractivity contribution < 1.29 is 0 Å². The van der Waals surface area contributed by atoms with E-state index in [0.29, 0.717) is 15.5 Å². The van der Waals surface area contributed by atoms with Crippen LogP contribution in [0.1, 0.15) is 102 Å². The molecule has 0 saturated heterocycles. The molecule has 0 rings (SSSR count). The van der Waals surface area contributed by atoms with Crippen molar-refractivity contribution in [2.45, 2.75) is 117 Å². The summed E-state index contributed by atoms with van der Waals surface area (Å²) in [5.41, 5.74) is 0. The maximum absolute atomic E-state index is 2.38. The van der Waals surface area contributed by atoms with E-state index in [2.05, 4.69) is 76.2 Å². The lowest BCUT2D eigenvalue weighted by Gasteiger charge is -2.49. The first kappa shape index (κ1) is 21.7. The zero-order valence-electron chi connectivity index (χ0n) is 15.8. The number of hydrogen-bond donors (Lipinski definition) is 0. The molecule has 118 valence electrons. The van der Waals surface area contributed by atoms with Crippen LogP contribution in [0.2, 0.25) is 0 Å². The first-order valence-electron chi connectivity index (χ1n) is 8.09. The zero-order chi connectivity index (χ0) is 15.9. The molecule has 0 N–H and O–H groups in total. The molecule has 0 bridgehead atoms. The third-order valence-corrected chi connectivity index (χ3v) is 6.99. The predicted molar refractivity (Wildman–Crippen MR) is 96.0 cm³/mol. The fourth-order valence-electron chi connectivity index (χ4n) is 3.52. The van der Waals surface area contributed by atoms with Crippen molar-refractivity contribution in [3.63, 3.8) is 0 Å². The normalized spacial score (nSPS) is 13.3. The third-order valence-electron chi connectivity index (χ3n) is 2.97. The van der Waals surface area contributed by atoms with Gasteiger partial charge in [-0.25, -0.2) is 0 Å². The third kappa shape index (κ3) is 10.8. The Morgan fingerprint density at radius 1 is 0.526 bits per heavy atom. The van der Waals surface area contributed by atoms with Crippen molar-refractivity contribution in [1.29, 1.82) is 0 Å². The Morgan fingerprint density at radius 2 is 0.737 bits per heavy atom. The van der Waals surface area contributed by atoms with Gasteiger partial charge in [0.25, 0.3) is 0 Å². The summed E-state index contributed by atoms with van der Waals surface area (Å²) >= 11 is 0. The standard InChI is InChI=1S/C12H27P.C6H14/c1-10(2,3)13(11(4,5)6)12(7,8)9;1-3-5-6-4-2/h1-9H3;3-6H2,1-2H3. The van der Waals surface area contributed by atoms with Gasteiger partial charge in [-0.1, -0.05) is 110 Å². The second-order valence-electron chi connectivity index (χ2n) is 8.55. The Labute approximate surface area is 125 Å². The molecule has 0 fully saturated rings. The van der Waals surface area contributed by atoms with Crippen LogP contribution in [0.15, 0.2) is 0 Å². The molecule has 0 radical (unpaired) electrons. The van der Waals surface area contributed by atoms with Gasteiger partial charge in [0.15, 0.2) is 0 Å². The molecule has 0 aliphatic rings. The molecule has 0 unspecified atom stereocenters. The van der Waals surface area contributed by atoms with E-state index in [4.69, 9.17) is 0 Å². The highest BCUT2D eigenvalue weighted by Gasteiger charge is 2.41. The van der Waals surface area contributed by atoms with Crippen LogP contribution in [0.5, 0.6) is 0 Å². The van der Waals surface area contributed by atoms with Crippen LogP contribution in [-0.4, -0.2) is 15.5 Å². The maximum atomic E-state index is 2.38. The molecular weight excluding hydrogens is 247 g/mol. The highest BCUT2D eigenvalue weighted by atomic mass is 31.1. The number of rotatable bonds is 3. The average molecular weight is 289 g/mol. The molecule has 0 nitrogen and oxygen atoms in total. The van der Waals surface area contributed by atoms with Crippen LogP contribution >= 0.6 is 7.92 Å². The second-order valence-corrected chi connectivity index (χ2v) is 13.3. The summed E-state index contributed by atoms with van der Waals surface area (Å²) in [4.78, 5) is 0. The summed E-state index contributed by atoms with van der Waals surface area (Å²) in [6, 6.07) is 0. The van der Waals surface area contributed by atoms with E-state index in [1.54, 1.807) is 0 Å². The smallest absolute Gasteiger partial charge is 0.0170 e. The quantitative estimate of drug-likeness (QED) is 0.373. The molecule has 0 aromatic carbocycles. The summed E-state index contributed by atoms with van der Waals surface area (Å²) in [6.45, 7) is 25.9. The molecular formula is C18H41P. The van der Waals surface area contributed by atoms with E-state index in [1.807, 2.05) is 0 Å². The van der Waals surface area contributed by atoms with Gasteiger partial charge in [-0.15, -0.1) is 0 Å². The van der Waals surface area contributed by atoms with Gasteiger partial charge in [0, 0.05) is 0 Å². The molecule has 19 heavy (non-hydrogen) atoms. The fraction of sp³-hybridized carbons (Fsp3) is 1.00. The molecule has 0 aromatic heterocycles. The molecule has 0 atom stereocenters. The van der Waals surface area contributed by atoms with Crippen LogP contribution < -0.4 is 0 Å². The molecule has 0 spiro atoms. The maximum Gasteiger partial charge on any atom is -0.0170 e. The zero-order valence-corrected chi connectivity index (χ0v) is 16.7. The van der Waals surface area contributed by atoms with Gasteiger partial charge >= 0.3 is 0 Å². The fourth-order valence-corrected chi connectivity index (χ4v) is 9.56. The van der Waals surface area contributed by atoms with Gasteiger partial charge in [-0.05, 0) is 15.5 Å². The monoisotopic (exact) mass is 288 g/mol. The van der Waals surface area contributed by atoms with Gasteiger partial charge in [-0.3, -0.25) is 0 Å². The molecule has 0 saturated carbocycles. The molecule has 0 heterocycles. The summed E-state index contributed by atoms with van der Waals surface area (Å²) in [5, 5.41) is 1.35. The minimum atomic E-state index is 0.0162. The molecule has 1 heteroatoms. The summed E-state index contributed by atoms with van der Waals surface area (Å²) in [6.07, 6.45) is 5.54. The number of unbranched alkanes of at least 4 members (excludes halogenated alkanes) is 3. The van der Waals surface area contributed by atoms with Gasteiger partial charge in [-0.2, -0.15) is 0 Å². The van der Waals surface area contributed by atoms with Crippen molar-refractivity contribution in [3.05, 3.63) is 0 Å². The van der Waals surface area contributed by atoms with E-state index in [-0.39, 0.29) is 7.92 Å². The van der Waals surface area contributed by atoms with E-state index in [0.717, 1.165) is 0 Å². The van der Waals surface area contributed by atoms with Crippen molar-refractivity contribution in [2.75, 3.05) is 0 Å². The highest BCUT2D eigenvalue weighted by Crippen LogP contribution is 2.66. The minimum Gasteiger partial charge on any atom is -0.0901 e. The van der Waals surface area contributed by atoms with E-state index < -0.39 is 0 Å². The van der Waals surface area contributed by atoms with Crippen molar-refractivity contribution in [1.82, 2.24) is 0 Å². The van der Waals surface area contributed by atoms with Crippen LogP contribution in [0.3, 0.4) is 0 Å². The van der Waals surface area contributed by atoms with Crippen LogP contribution in [0.25, 0.3) is 0 Å². The molecule has 0 aromatic rings. The molecule has 0 aliphatic heterocycles. The van der Waals surface area contributed by atoms with E-state index >= 15 is 0 Å². The lowest BCUT2D eigenvalue weighted by Crippen LogP contribution is -2.34. The molecule has 0 amide bonds. The number of hydrogen-bond acceptors (Lipinski definition) is 0. The van der Waals surface area contributed by atoms with Crippen LogP contribution in [0, 0.1) is 0 Å². The summed E-state index contributed by atoms with van der Waals surface area (Å²) in [5.74, 6) is 0. The van der Waals surface area contributed by atoms with Crippen LogP contribution in [0.4, 0.5) is 0 Å². The average Bonchev–Trinajstić information content (AvgIpc) is 2.07. The topological polar surface area (TPSA) is 0 Å². The van der Waals surface area contributed by atoms with E-state index in [1.165, 1.54) is 25.7 Å². The van der Waals surface area contributed by atoms with Gasteiger partial charge < -0.3 is 0 Å². The highest BCUT2D eigenvalue weighted by molar-refractivity contribution is 7.62. The Bertz CT molecular complexity index is 172.